The van der Waals surface area contributed by atoms with Crippen LogP contribution in [0.15, 0.2) is 18.2 Å². The Hall–Kier alpha value is -1.75. The van der Waals surface area contributed by atoms with E-state index >= 15 is 0 Å². The zero-order valence-corrected chi connectivity index (χ0v) is 13.6. The maximum absolute atomic E-state index is 11.9. The highest BCUT2D eigenvalue weighted by molar-refractivity contribution is 5.69. The summed E-state index contributed by atoms with van der Waals surface area (Å²) in [6.45, 7) is 4.44. The minimum Gasteiger partial charge on any atom is -0.490 e. The summed E-state index contributed by atoms with van der Waals surface area (Å²) in [6.07, 6.45) is 3.85. The molecule has 2 heterocycles. The first kappa shape index (κ1) is 16.1. The van der Waals surface area contributed by atoms with Crippen molar-refractivity contribution in [3.63, 3.8) is 0 Å². The SMILES string of the molecule is CC1(COC(=O)CCc2ccc3c(c2)OCCCO3)CCCO1. The van der Waals surface area contributed by atoms with Crippen molar-refractivity contribution in [2.24, 2.45) is 0 Å². The number of rotatable bonds is 5. The van der Waals surface area contributed by atoms with Crippen LogP contribution in [0.3, 0.4) is 0 Å². The minimum atomic E-state index is -0.301. The Morgan fingerprint density at radius 2 is 2.00 bits per heavy atom. The van der Waals surface area contributed by atoms with Crippen LogP contribution < -0.4 is 9.47 Å². The molecule has 1 saturated heterocycles. The normalized spacial score (nSPS) is 23.3. The fraction of sp³-hybridized carbons (Fsp3) is 0.611. The molecule has 126 valence electrons. The molecule has 1 atom stereocenters. The third-order valence-corrected chi connectivity index (χ3v) is 4.27. The molecular weight excluding hydrogens is 296 g/mol. The highest BCUT2D eigenvalue weighted by Crippen LogP contribution is 2.31. The first-order valence-electron chi connectivity index (χ1n) is 8.33. The van der Waals surface area contributed by atoms with Gasteiger partial charge in [-0.05, 0) is 43.9 Å². The highest BCUT2D eigenvalue weighted by Gasteiger charge is 2.31. The van der Waals surface area contributed by atoms with Gasteiger partial charge >= 0.3 is 5.97 Å². The molecule has 0 spiro atoms. The summed E-state index contributed by atoms with van der Waals surface area (Å²) >= 11 is 0. The largest absolute Gasteiger partial charge is 0.490 e. The third-order valence-electron chi connectivity index (χ3n) is 4.27. The third kappa shape index (κ3) is 4.38. The lowest BCUT2D eigenvalue weighted by atomic mass is 10.0. The van der Waals surface area contributed by atoms with Crippen molar-refractivity contribution in [2.75, 3.05) is 26.4 Å². The zero-order valence-electron chi connectivity index (χ0n) is 13.6. The topological polar surface area (TPSA) is 54.0 Å². The van der Waals surface area contributed by atoms with Gasteiger partial charge in [-0.15, -0.1) is 0 Å². The molecule has 1 aromatic rings. The van der Waals surface area contributed by atoms with Gasteiger partial charge in [0, 0.05) is 19.4 Å². The average molecular weight is 320 g/mol. The van der Waals surface area contributed by atoms with Crippen molar-refractivity contribution in [1.82, 2.24) is 0 Å². The Balaban J connectivity index is 1.48. The monoisotopic (exact) mass is 320 g/mol. The Labute approximate surface area is 136 Å². The number of hydrogen-bond donors (Lipinski definition) is 0. The highest BCUT2D eigenvalue weighted by atomic mass is 16.6. The molecule has 5 heteroatoms. The van der Waals surface area contributed by atoms with E-state index in [9.17, 15) is 4.79 Å². The molecule has 3 rings (SSSR count). The van der Waals surface area contributed by atoms with Crippen molar-refractivity contribution in [2.45, 2.75) is 44.6 Å². The first-order valence-corrected chi connectivity index (χ1v) is 8.33. The van der Waals surface area contributed by atoms with E-state index < -0.39 is 0 Å². The van der Waals surface area contributed by atoms with Gasteiger partial charge in [-0.2, -0.15) is 0 Å². The Morgan fingerprint density at radius 3 is 2.78 bits per heavy atom. The van der Waals surface area contributed by atoms with E-state index in [1.54, 1.807) is 0 Å². The molecule has 0 amide bonds. The number of ether oxygens (including phenoxy) is 4. The predicted octanol–water partition coefficient (Wildman–Crippen LogP) is 2.89. The summed E-state index contributed by atoms with van der Waals surface area (Å²) in [5, 5.41) is 0. The lowest BCUT2D eigenvalue weighted by Gasteiger charge is -2.22. The summed E-state index contributed by atoms with van der Waals surface area (Å²) < 4.78 is 22.3. The molecule has 1 aromatic carbocycles. The predicted molar refractivity (Wildman–Crippen MR) is 84.9 cm³/mol. The van der Waals surface area contributed by atoms with Crippen LogP contribution in [0.5, 0.6) is 11.5 Å². The summed E-state index contributed by atoms with van der Waals surface area (Å²) in [7, 11) is 0. The van der Waals surface area contributed by atoms with Crippen LogP contribution in [0.1, 0.15) is 38.2 Å². The molecule has 1 fully saturated rings. The maximum atomic E-state index is 11.9. The van der Waals surface area contributed by atoms with Crippen LogP contribution in [-0.2, 0) is 20.7 Å². The van der Waals surface area contributed by atoms with Crippen molar-refractivity contribution in [1.29, 1.82) is 0 Å². The van der Waals surface area contributed by atoms with Crippen LogP contribution in [0.4, 0.5) is 0 Å². The maximum Gasteiger partial charge on any atom is 0.306 e. The Kier molecular flexibility index (Phi) is 5.06. The van der Waals surface area contributed by atoms with E-state index in [0.717, 1.165) is 42.9 Å². The van der Waals surface area contributed by atoms with E-state index in [1.807, 2.05) is 25.1 Å². The molecule has 2 aliphatic heterocycles. The molecule has 5 nitrogen and oxygen atoms in total. The van der Waals surface area contributed by atoms with Crippen LogP contribution in [-0.4, -0.2) is 38.0 Å². The fourth-order valence-electron chi connectivity index (χ4n) is 2.87. The second-order valence-electron chi connectivity index (χ2n) is 6.39. The number of fused-ring (bicyclic) bond motifs is 1. The van der Waals surface area contributed by atoms with Crippen LogP contribution >= 0.6 is 0 Å². The van der Waals surface area contributed by atoms with Gasteiger partial charge < -0.3 is 18.9 Å². The molecule has 0 aromatic heterocycles. The van der Waals surface area contributed by atoms with E-state index in [4.69, 9.17) is 18.9 Å². The number of esters is 1. The van der Waals surface area contributed by atoms with Crippen LogP contribution in [0.25, 0.3) is 0 Å². The van der Waals surface area contributed by atoms with E-state index in [-0.39, 0.29) is 11.6 Å². The smallest absolute Gasteiger partial charge is 0.306 e. The van der Waals surface area contributed by atoms with Crippen molar-refractivity contribution in [3.05, 3.63) is 23.8 Å². The van der Waals surface area contributed by atoms with E-state index in [2.05, 4.69) is 0 Å². The number of benzene rings is 1. The molecule has 0 radical (unpaired) electrons. The van der Waals surface area contributed by atoms with Crippen molar-refractivity contribution in [3.8, 4) is 11.5 Å². The number of aryl methyl sites for hydroxylation is 1. The van der Waals surface area contributed by atoms with Gasteiger partial charge in [0.05, 0.1) is 18.8 Å². The Bertz CT molecular complexity index is 548. The summed E-state index contributed by atoms with van der Waals surface area (Å²) in [5.74, 6) is 1.36. The number of carbonyl (C=O) groups is 1. The van der Waals surface area contributed by atoms with Gasteiger partial charge in [-0.25, -0.2) is 0 Å². The standard InChI is InChI=1S/C18H24O5/c1-18(8-2-11-23-18)13-22-17(19)7-5-14-4-6-15-16(12-14)21-10-3-9-20-15/h4,6,12H,2-3,5,7-11,13H2,1H3. The molecule has 23 heavy (non-hydrogen) atoms. The number of carbonyl (C=O) groups excluding carboxylic acids is 1. The van der Waals surface area contributed by atoms with Crippen LogP contribution in [0.2, 0.25) is 0 Å². The summed E-state index contributed by atoms with van der Waals surface area (Å²) in [4.78, 5) is 11.9. The minimum absolute atomic E-state index is 0.186. The lowest BCUT2D eigenvalue weighted by molar-refractivity contribution is -0.151. The summed E-state index contributed by atoms with van der Waals surface area (Å²) in [5.41, 5.74) is 0.750. The molecule has 2 aliphatic rings. The Morgan fingerprint density at radius 1 is 1.17 bits per heavy atom. The molecule has 0 aliphatic carbocycles. The molecule has 1 unspecified atom stereocenters. The van der Waals surface area contributed by atoms with Gasteiger partial charge in [-0.1, -0.05) is 6.07 Å². The fourth-order valence-corrected chi connectivity index (χ4v) is 2.87. The van der Waals surface area contributed by atoms with Gasteiger partial charge in [0.1, 0.15) is 6.61 Å². The zero-order chi connectivity index (χ0) is 16.1. The lowest BCUT2D eigenvalue weighted by Crippen LogP contribution is -2.31. The molecular formula is C18H24O5. The second-order valence-corrected chi connectivity index (χ2v) is 6.39. The van der Waals surface area contributed by atoms with Gasteiger partial charge in [0.25, 0.3) is 0 Å². The van der Waals surface area contributed by atoms with Crippen LogP contribution in [0, 0.1) is 0 Å². The molecule has 0 bridgehead atoms. The molecule has 0 saturated carbocycles. The van der Waals surface area contributed by atoms with Gasteiger partial charge in [0.15, 0.2) is 11.5 Å². The first-order chi connectivity index (χ1) is 11.1. The molecule has 0 N–H and O–H groups in total. The van der Waals surface area contributed by atoms with Gasteiger partial charge in [-0.3, -0.25) is 4.79 Å². The van der Waals surface area contributed by atoms with Crippen molar-refractivity contribution < 1.29 is 23.7 Å². The quantitative estimate of drug-likeness (QED) is 0.781. The average Bonchev–Trinajstić information content (AvgIpc) is 2.85. The van der Waals surface area contributed by atoms with Gasteiger partial charge in [0.2, 0.25) is 0 Å². The summed E-state index contributed by atoms with van der Waals surface area (Å²) in [6, 6.07) is 5.84. The van der Waals surface area contributed by atoms with E-state index in [0.29, 0.717) is 32.7 Å². The van der Waals surface area contributed by atoms with E-state index in [1.165, 1.54) is 0 Å². The second kappa shape index (κ2) is 7.21. The number of hydrogen-bond acceptors (Lipinski definition) is 5. The van der Waals surface area contributed by atoms with Crippen molar-refractivity contribution >= 4 is 5.97 Å².